The molecule has 3 heteroatoms. The number of rotatable bonds is 1. The normalized spacial score (nSPS) is 23.9. The molecule has 1 amide bonds. The number of hydrogen-bond donors (Lipinski definition) is 2. The first-order valence-electron chi connectivity index (χ1n) is 5.28. The van der Waals surface area contributed by atoms with Crippen molar-refractivity contribution < 1.29 is 4.79 Å². The molecule has 0 fully saturated rings. The quantitative estimate of drug-likeness (QED) is 0.726. The molecule has 15 heavy (non-hydrogen) atoms. The van der Waals surface area contributed by atoms with Crippen molar-refractivity contribution in [2.45, 2.75) is 19.4 Å². The molecule has 1 aliphatic rings. The summed E-state index contributed by atoms with van der Waals surface area (Å²) in [7, 11) is 1.69. The molecule has 2 N–H and O–H groups in total. The maximum atomic E-state index is 11.6. The monoisotopic (exact) mass is 204 g/mol. The molecule has 0 aliphatic carbocycles. The third-order valence-corrected chi connectivity index (χ3v) is 3.03. The van der Waals surface area contributed by atoms with E-state index in [1.165, 1.54) is 5.56 Å². The van der Waals surface area contributed by atoms with Gasteiger partial charge in [0.1, 0.15) is 0 Å². The molecule has 1 aromatic rings. The van der Waals surface area contributed by atoms with Gasteiger partial charge in [-0.2, -0.15) is 0 Å². The molecule has 2 rings (SSSR count). The van der Waals surface area contributed by atoms with Crippen LogP contribution in [0, 0.1) is 5.92 Å². The Morgan fingerprint density at radius 1 is 1.47 bits per heavy atom. The molecule has 3 nitrogen and oxygen atoms in total. The Balaban J connectivity index is 2.25. The van der Waals surface area contributed by atoms with Crippen molar-refractivity contribution in [1.82, 2.24) is 5.32 Å². The van der Waals surface area contributed by atoms with Crippen LogP contribution in [0.15, 0.2) is 24.3 Å². The van der Waals surface area contributed by atoms with Crippen molar-refractivity contribution in [3.63, 3.8) is 0 Å². The van der Waals surface area contributed by atoms with E-state index >= 15 is 0 Å². The molecule has 1 aromatic carbocycles. The fourth-order valence-corrected chi connectivity index (χ4v) is 2.10. The highest BCUT2D eigenvalue weighted by Crippen LogP contribution is 2.27. The Morgan fingerprint density at radius 3 is 2.93 bits per heavy atom. The Kier molecular flexibility index (Phi) is 2.62. The molecular weight excluding hydrogens is 188 g/mol. The summed E-state index contributed by atoms with van der Waals surface area (Å²) in [4.78, 5) is 11.6. The lowest BCUT2D eigenvalue weighted by Crippen LogP contribution is -2.42. The minimum atomic E-state index is 0.0323. The van der Waals surface area contributed by atoms with Crippen LogP contribution >= 0.6 is 0 Å². The Bertz CT molecular complexity index is 376. The number of fused-ring (bicyclic) bond motifs is 1. The van der Waals surface area contributed by atoms with E-state index < -0.39 is 0 Å². The van der Waals surface area contributed by atoms with Crippen molar-refractivity contribution in [2.75, 3.05) is 12.4 Å². The molecule has 0 spiro atoms. The van der Waals surface area contributed by atoms with Crippen LogP contribution in [0.1, 0.15) is 12.5 Å². The van der Waals surface area contributed by atoms with Crippen LogP contribution in [0.2, 0.25) is 0 Å². The van der Waals surface area contributed by atoms with E-state index in [0.29, 0.717) is 0 Å². The zero-order valence-corrected chi connectivity index (χ0v) is 9.08. The average molecular weight is 204 g/mol. The van der Waals surface area contributed by atoms with Gasteiger partial charge >= 0.3 is 0 Å². The van der Waals surface area contributed by atoms with Gasteiger partial charge < -0.3 is 10.6 Å². The van der Waals surface area contributed by atoms with E-state index in [2.05, 4.69) is 29.7 Å². The standard InChI is InChI=1S/C12H16N2O/c1-8-10(12(15)13-2)7-9-5-3-4-6-11(9)14-8/h3-6,8,10,14H,7H2,1-2H3,(H,13,15). The van der Waals surface area contributed by atoms with Crippen molar-refractivity contribution in [3.05, 3.63) is 29.8 Å². The minimum absolute atomic E-state index is 0.0323. The van der Waals surface area contributed by atoms with Crippen LogP contribution in [-0.4, -0.2) is 19.0 Å². The third-order valence-electron chi connectivity index (χ3n) is 3.03. The van der Waals surface area contributed by atoms with E-state index in [9.17, 15) is 4.79 Å². The Labute approximate surface area is 89.9 Å². The van der Waals surface area contributed by atoms with Gasteiger partial charge in [0, 0.05) is 18.8 Å². The molecule has 0 saturated carbocycles. The van der Waals surface area contributed by atoms with Crippen molar-refractivity contribution in [3.8, 4) is 0 Å². The van der Waals surface area contributed by atoms with Gasteiger partial charge in [0.05, 0.1) is 5.92 Å². The van der Waals surface area contributed by atoms with Gasteiger partial charge in [-0.3, -0.25) is 4.79 Å². The maximum Gasteiger partial charge on any atom is 0.225 e. The van der Waals surface area contributed by atoms with Crippen LogP contribution < -0.4 is 10.6 Å². The number of carbonyl (C=O) groups is 1. The van der Waals surface area contributed by atoms with E-state index in [-0.39, 0.29) is 17.9 Å². The zero-order chi connectivity index (χ0) is 10.8. The fraction of sp³-hybridized carbons (Fsp3) is 0.417. The van der Waals surface area contributed by atoms with Crippen LogP contribution in [0.3, 0.4) is 0 Å². The lowest BCUT2D eigenvalue weighted by atomic mass is 9.87. The SMILES string of the molecule is CNC(=O)C1Cc2ccccc2NC1C. The van der Waals surface area contributed by atoms with Crippen molar-refractivity contribution in [2.24, 2.45) is 5.92 Å². The minimum Gasteiger partial charge on any atom is -0.382 e. The Hall–Kier alpha value is -1.51. The molecule has 0 radical (unpaired) electrons. The molecule has 2 unspecified atom stereocenters. The number of carbonyl (C=O) groups excluding carboxylic acids is 1. The largest absolute Gasteiger partial charge is 0.382 e. The number of para-hydroxylation sites is 1. The highest BCUT2D eigenvalue weighted by molar-refractivity contribution is 5.81. The molecule has 80 valence electrons. The topological polar surface area (TPSA) is 41.1 Å². The second-order valence-corrected chi connectivity index (χ2v) is 4.02. The number of anilines is 1. The fourth-order valence-electron chi connectivity index (χ4n) is 2.10. The second-order valence-electron chi connectivity index (χ2n) is 4.02. The van der Waals surface area contributed by atoms with Crippen LogP contribution in [0.25, 0.3) is 0 Å². The van der Waals surface area contributed by atoms with Gasteiger partial charge in [0.2, 0.25) is 5.91 Å². The predicted octanol–water partition coefficient (Wildman–Crippen LogP) is 1.41. The van der Waals surface area contributed by atoms with Crippen molar-refractivity contribution >= 4 is 11.6 Å². The predicted molar refractivity (Wildman–Crippen MR) is 60.8 cm³/mol. The molecule has 0 saturated heterocycles. The van der Waals surface area contributed by atoms with E-state index in [0.717, 1.165) is 12.1 Å². The first-order chi connectivity index (χ1) is 7.22. The Morgan fingerprint density at radius 2 is 2.20 bits per heavy atom. The van der Waals surface area contributed by atoms with Crippen LogP contribution in [-0.2, 0) is 11.2 Å². The highest BCUT2D eigenvalue weighted by atomic mass is 16.1. The lowest BCUT2D eigenvalue weighted by Gasteiger charge is -2.31. The number of amides is 1. The summed E-state index contributed by atoms with van der Waals surface area (Å²) in [5.74, 6) is 0.148. The number of nitrogens with one attached hydrogen (secondary N) is 2. The summed E-state index contributed by atoms with van der Waals surface area (Å²) in [5.41, 5.74) is 2.38. The molecule has 1 aliphatic heterocycles. The summed E-state index contributed by atoms with van der Waals surface area (Å²) >= 11 is 0. The van der Waals surface area contributed by atoms with Gasteiger partial charge in [-0.25, -0.2) is 0 Å². The first kappa shape index (κ1) is 10.0. The number of benzene rings is 1. The molecule has 2 atom stereocenters. The van der Waals surface area contributed by atoms with E-state index in [1.807, 2.05) is 12.1 Å². The molecular formula is C12H16N2O. The number of hydrogen-bond acceptors (Lipinski definition) is 2. The molecule has 0 bridgehead atoms. The first-order valence-corrected chi connectivity index (χ1v) is 5.28. The molecule has 0 aromatic heterocycles. The van der Waals surface area contributed by atoms with Crippen LogP contribution in [0.5, 0.6) is 0 Å². The van der Waals surface area contributed by atoms with Crippen molar-refractivity contribution in [1.29, 1.82) is 0 Å². The lowest BCUT2D eigenvalue weighted by molar-refractivity contribution is -0.124. The van der Waals surface area contributed by atoms with Gasteiger partial charge in [0.15, 0.2) is 0 Å². The summed E-state index contributed by atoms with van der Waals surface area (Å²) in [6.45, 7) is 2.05. The van der Waals surface area contributed by atoms with Gasteiger partial charge in [-0.05, 0) is 25.0 Å². The summed E-state index contributed by atoms with van der Waals surface area (Å²) in [6.07, 6.45) is 0.823. The van der Waals surface area contributed by atoms with E-state index in [4.69, 9.17) is 0 Å². The highest BCUT2D eigenvalue weighted by Gasteiger charge is 2.29. The molecule has 1 heterocycles. The summed E-state index contributed by atoms with van der Waals surface area (Å²) < 4.78 is 0. The van der Waals surface area contributed by atoms with E-state index in [1.54, 1.807) is 7.05 Å². The second kappa shape index (κ2) is 3.93. The summed E-state index contributed by atoms with van der Waals surface area (Å²) in [5, 5.41) is 6.08. The van der Waals surface area contributed by atoms with Crippen LogP contribution in [0.4, 0.5) is 5.69 Å². The zero-order valence-electron chi connectivity index (χ0n) is 9.08. The smallest absolute Gasteiger partial charge is 0.225 e. The average Bonchev–Trinajstić information content (AvgIpc) is 2.27. The third kappa shape index (κ3) is 1.82. The van der Waals surface area contributed by atoms with Gasteiger partial charge in [0.25, 0.3) is 0 Å². The maximum absolute atomic E-state index is 11.6. The summed E-state index contributed by atoms with van der Waals surface area (Å²) in [6, 6.07) is 8.35. The van der Waals surface area contributed by atoms with Gasteiger partial charge in [-0.1, -0.05) is 18.2 Å². The van der Waals surface area contributed by atoms with Gasteiger partial charge in [-0.15, -0.1) is 0 Å².